The summed E-state index contributed by atoms with van der Waals surface area (Å²) in [5.41, 5.74) is -3.19. The van der Waals surface area contributed by atoms with E-state index in [1.165, 1.54) is 18.2 Å². The molecular formula is C22H12F6N6. The number of nitrogens with one attached hydrogen (secondary N) is 1. The number of H-pyrrole nitrogens is 1. The molecule has 34 heavy (non-hydrogen) atoms. The van der Waals surface area contributed by atoms with Gasteiger partial charge in [-0.05, 0) is 36.8 Å². The number of hydrogen-bond donors (Lipinski definition) is 1. The van der Waals surface area contributed by atoms with Crippen molar-refractivity contribution in [2.24, 2.45) is 10.9 Å². The summed E-state index contributed by atoms with van der Waals surface area (Å²) in [6, 6.07) is 10.4. The number of benzene rings is 1. The van der Waals surface area contributed by atoms with Crippen molar-refractivity contribution in [1.82, 2.24) is 15.2 Å². The predicted molar refractivity (Wildman–Crippen MR) is 108 cm³/mol. The first-order chi connectivity index (χ1) is 16.0. The second-order valence-corrected chi connectivity index (χ2v) is 7.48. The number of rotatable bonds is 2. The number of fused-ring (bicyclic) bond motifs is 1. The number of halogens is 6. The van der Waals surface area contributed by atoms with Gasteiger partial charge in [0, 0.05) is 17.0 Å². The molecule has 1 aromatic carbocycles. The van der Waals surface area contributed by atoms with Gasteiger partial charge in [-0.2, -0.15) is 42.0 Å². The Morgan fingerprint density at radius 3 is 2.35 bits per heavy atom. The Labute approximate surface area is 187 Å². The molecule has 1 aliphatic heterocycles. The predicted octanol–water partition coefficient (Wildman–Crippen LogP) is 5.46. The third kappa shape index (κ3) is 3.88. The van der Waals surface area contributed by atoms with Crippen molar-refractivity contribution in [3.05, 3.63) is 64.6 Å². The van der Waals surface area contributed by atoms with Gasteiger partial charge in [-0.15, -0.1) is 0 Å². The number of aryl methyl sites for hydroxylation is 1. The maximum Gasteiger partial charge on any atom is 0.433 e. The molecular weight excluding hydrogens is 462 g/mol. The van der Waals surface area contributed by atoms with E-state index in [0.717, 1.165) is 12.1 Å². The zero-order chi connectivity index (χ0) is 24.8. The van der Waals surface area contributed by atoms with Crippen molar-refractivity contribution in [1.29, 1.82) is 10.5 Å². The third-order valence-corrected chi connectivity index (χ3v) is 5.39. The lowest BCUT2D eigenvalue weighted by molar-refractivity contribution is -0.141. The molecule has 2 aromatic heterocycles. The number of aromatic nitrogens is 3. The first-order valence-corrected chi connectivity index (χ1v) is 9.64. The normalized spacial score (nSPS) is 19.0. The molecule has 6 nitrogen and oxygen atoms in total. The maximum absolute atomic E-state index is 13.9. The highest BCUT2D eigenvalue weighted by Crippen LogP contribution is 2.45. The summed E-state index contributed by atoms with van der Waals surface area (Å²) in [4.78, 5) is 6.89. The average molecular weight is 474 g/mol. The molecule has 0 fully saturated rings. The molecule has 1 aliphatic rings. The number of pyridine rings is 1. The summed E-state index contributed by atoms with van der Waals surface area (Å²) >= 11 is 0. The van der Waals surface area contributed by atoms with Crippen molar-refractivity contribution in [3.63, 3.8) is 0 Å². The highest BCUT2D eigenvalue weighted by atomic mass is 19.4. The highest BCUT2D eigenvalue weighted by Gasteiger charge is 2.49. The SMILES string of the molecule is Cc1[nH]nc2ccc(C3C(C#N)=C(c4cccc(C(F)(F)F)n4)N=C(C(F)(F)F)C3C#N)cc12. The molecule has 2 atom stereocenters. The molecule has 3 aromatic rings. The monoisotopic (exact) mass is 474 g/mol. The number of aromatic amines is 1. The fourth-order valence-corrected chi connectivity index (χ4v) is 3.85. The summed E-state index contributed by atoms with van der Waals surface area (Å²) in [6.07, 6.45) is -9.95. The fourth-order valence-electron chi connectivity index (χ4n) is 3.85. The van der Waals surface area contributed by atoms with E-state index in [0.29, 0.717) is 22.7 Å². The van der Waals surface area contributed by atoms with Crippen molar-refractivity contribution in [2.75, 3.05) is 0 Å². The Kier molecular flexibility index (Phi) is 5.40. The first-order valence-electron chi connectivity index (χ1n) is 9.64. The van der Waals surface area contributed by atoms with Gasteiger partial charge >= 0.3 is 12.4 Å². The molecule has 1 N–H and O–H groups in total. The van der Waals surface area contributed by atoms with Crippen LogP contribution in [-0.2, 0) is 6.18 Å². The van der Waals surface area contributed by atoms with E-state index in [9.17, 15) is 36.9 Å². The van der Waals surface area contributed by atoms with Crippen molar-refractivity contribution < 1.29 is 26.3 Å². The standard InChI is InChI=1S/C22H12F6N6/c1-10-12-7-11(5-6-15(12)34-33-10)18-13(8-29)19(32-20(14(18)9-30)22(26,27)28)16-3-2-4-17(31-16)21(23,24)25/h2-7,14,18H,1H3,(H,33,34). The Morgan fingerprint density at radius 1 is 1.00 bits per heavy atom. The van der Waals surface area contributed by atoms with Crippen molar-refractivity contribution in [3.8, 4) is 12.1 Å². The maximum atomic E-state index is 13.9. The van der Waals surface area contributed by atoms with Crippen molar-refractivity contribution in [2.45, 2.75) is 25.2 Å². The number of aliphatic imine (C=N–C) groups is 1. The lowest BCUT2D eigenvalue weighted by Crippen LogP contribution is -2.37. The average Bonchev–Trinajstić information content (AvgIpc) is 3.16. The second-order valence-electron chi connectivity index (χ2n) is 7.48. The summed E-state index contributed by atoms with van der Waals surface area (Å²) in [7, 11) is 0. The van der Waals surface area contributed by atoms with Gasteiger partial charge in [0.25, 0.3) is 0 Å². The molecule has 12 heteroatoms. The van der Waals surface area contributed by atoms with E-state index in [1.54, 1.807) is 19.1 Å². The topological polar surface area (TPSA) is 102 Å². The van der Waals surface area contributed by atoms with Gasteiger partial charge in [0.1, 0.15) is 23.0 Å². The van der Waals surface area contributed by atoms with E-state index in [2.05, 4.69) is 20.2 Å². The minimum absolute atomic E-state index is 0.182. The molecule has 4 rings (SSSR count). The molecule has 0 saturated carbocycles. The zero-order valence-corrected chi connectivity index (χ0v) is 17.1. The minimum atomic E-state index is -5.08. The smallest absolute Gasteiger partial charge is 0.282 e. The van der Waals surface area contributed by atoms with Crippen LogP contribution < -0.4 is 0 Å². The molecule has 0 amide bonds. The summed E-state index contributed by atoms with van der Waals surface area (Å²) in [6.45, 7) is 1.68. The van der Waals surface area contributed by atoms with Crippen LogP contribution in [0.1, 0.15) is 28.6 Å². The molecule has 0 spiro atoms. The van der Waals surface area contributed by atoms with E-state index in [4.69, 9.17) is 0 Å². The second kappa shape index (κ2) is 7.99. The number of nitrogens with zero attached hydrogens (tertiary/aromatic N) is 5. The van der Waals surface area contributed by atoms with Crippen LogP contribution in [0, 0.1) is 35.5 Å². The number of nitriles is 2. The number of alkyl halides is 6. The molecule has 0 saturated heterocycles. The van der Waals surface area contributed by atoms with Gasteiger partial charge < -0.3 is 0 Å². The minimum Gasteiger partial charge on any atom is -0.282 e. The first kappa shape index (κ1) is 23.0. The van der Waals surface area contributed by atoms with Crippen LogP contribution in [0.25, 0.3) is 16.6 Å². The van der Waals surface area contributed by atoms with E-state index in [-0.39, 0.29) is 5.56 Å². The third-order valence-electron chi connectivity index (χ3n) is 5.39. The summed E-state index contributed by atoms with van der Waals surface area (Å²) in [5.74, 6) is -3.36. The van der Waals surface area contributed by atoms with Crippen LogP contribution in [0.5, 0.6) is 0 Å². The number of allylic oxidation sites excluding steroid dienone is 1. The van der Waals surface area contributed by atoms with Gasteiger partial charge in [-0.1, -0.05) is 12.1 Å². The Hall–Kier alpha value is -4.19. The summed E-state index contributed by atoms with van der Waals surface area (Å²) < 4.78 is 81.3. The van der Waals surface area contributed by atoms with Crippen LogP contribution in [0.2, 0.25) is 0 Å². The largest absolute Gasteiger partial charge is 0.433 e. The summed E-state index contributed by atoms with van der Waals surface area (Å²) in [5, 5.41) is 26.9. The lowest BCUT2D eigenvalue weighted by Gasteiger charge is -2.29. The zero-order valence-electron chi connectivity index (χ0n) is 17.1. The van der Waals surface area contributed by atoms with Crippen molar-refractivity contribution >= 4 is 22.3 Å². The molecule has 172 valence electrons. The molecule has 0 aliphatic carbocycles. The van der Waals surface area contributed by atoms with Crippen LogP contribution in [0.4, 0.5) is 26.3 Å². The highest BCUT2D eigenvalue weighted by molar-refractivity contribution is 6.01. The fraction of sp³-hybridized carbons (Fsp3) is 0.227. The molecule has 2 unspecified atom stereocenters. The quantitative estimate of drug-likeness (QED) is 0.499. The Bertz CT molecular complexity index is 1430. The van der Waals surface area contributed by atoms with Crippen LogP contribution >= 0.6 is 0 Å². The van der Waals surface area contributed by atoms with E-state index in [1.807, 2.05) is 0 Å². The molecule has 0 bridgehead atoms. The van der Waals surface area contributed by atoms with Gasteiger partial charge in [0.2, 0.25) is 0 Å². The molecule has 3 heterocycles. The van der Waals surface area contributed by atoms with Crippen LogP contribution in [-0.4, -0.2) is 27.1 Å². The van der Waals surface area contributed by atoms with Gasteiger partial charge in [-0.25, -0.2) is 9.98 Å². The van der Waals surface area contributed by atoms with Gasteiger partial charge in [-0.3, -0.25) is 5.10 Å². The molecule has 0 radical (unpaired) electrons. The Morgan fingerprint density at radius 2 is 1.74 bits per heavy atom. The van der Waals surface area contributed by atoms with Gasteiger partial charge in [0.15, 0.2) is 0 Å². The van der Waals surface area contributed by atoms with Gasteiger partial charge in [0.05, 0.1) is 28.9 Å². The van der Waals surface area contributed by atoms with Crippen LogP contribution in [0.15, 0.2) is 47.0 Å². The lowest BCUT2D eigenvalue weighted by atomic mass is 9.75. The van der Waals surface area contributed by atoms with E-state index >= 15 is 0 Å². The van der Waals surface area contributed by atoms with E-state index < -0.39 is 52.6 Å². The van der Waals surface area contributed by atoms with Crippen LogP contribution in [0.3, 0.4) is 0 Å². The number of hydrogen-bond acceptors (Lipinski definition) is 5. The Balaban J connectivity index is 2.02.